The first kappa shape index (κ1) is 13.8. The van der Waals surface area contributed by atoms with Crippen molar-refractivity contribution in [2.75, 3.05) is 0 Å². The highest BCUT2D eigenvalue weighted by atomic mass is 19.1. The standard InChI is InChI=1S/C16H20FNO/c1-12-6-5-7-13(2)18(12)16(19)11-10-14-8-3-4-9-15(14)17/h3-4,8-13H,5-7H2,1-2H3/b11-10+. The molecule has 2 atom stereocenters. The lowest BCUT2D eigenvalue weighted by atomic mass is 9.97. The van der Waals surface area contributed by atoms with Gasteiger partial charge in [0, 0.05) is 23.7 Å². The van der Waals surface area contributed by atoms with Crippen LogP contribution in [0.4, 0.5) is 4.39 Å². The van der Waals surface area contributed by atoms with Gasteiger partial charge in [-0.2, -0.15) is 0 Å². The molecule has 1 amide bonds. The number of benzene rings is 1. The predicted octanol–water partition coefficient (Wildman–Crippen LogP) is 3.63. The van der Waals surface area contributed by atoms with Crippen molar-refractivity contribution < 1.29 is 9.18 Å². The summed E-state index contributed by atoms with van der Waals surface area (Å²) < 4.78 is 13.5. The Morgan fingerprint density at radius 2 is 1.89 bits per heavy atom. The van der Waals surface area contributed by atoms with E-state index in [0.717, 1.165) is 12.8 Å². The summed E-state index contributed by atoms with van der Waals surface area (Å²) in [5.41, 5.74) is 0.452. The van der Waals surface area contributed by atoms with Gasteiger partial charge in [0.2, 0.25) is 5.91 Å². The zero-order valence-electron chi connectivity index (χ0n) is 11.5. The van der Waals surface area contributed by atoms with Crippen LogP contribution in [-0.2, 0) is 4.79 Å². The van der Waals surface area contributed by atoms with E-state index in [1.54, 1.807) is 24.3 Å². The van der Waals surface area contributed by atoms with Crippen molar-refractivity contribution in [3.8, 4) is 0 Å². The van der Waals surface area contributed by atoms with Crippen LogP contribution >= 0.6 is 0 Å². The number of nitrogens with zero attached hydrogens (tertiary/aromatic N) is 1. The molecule has 102 valence electrons. The van der Waals surface area contributed by atoms with Crippen LogP contribution in [0, 0.1) is 5.82 Å². The lowest BCUT2D eigenvalue weighted by Gasteiger charge is -2.38. The predicted molar refractivity (Wildman–Crippen MR) is 75.1 cm³/mol. The molecule has 0 aliphatic carbocycles. The van der Waals surface area contributed by atoms with Crippen LogP contribution in [0.15, 0.2) is 30.3 Å². The maximum atomic E-state index is 13.5. The average Bonchev–Trinajstić information content (AvgIpc) is 2.37. The first-order valence-corrected chi connectivity index (χ1v) is 6.84. The van der Waals surface area contributed by atoms with Crippen molar-refractivity contribution in [3.05, 3.63) is 41.7 Å². The summed E-state index contributed by atoms with van der Waals surface area (Å²) in [7, 11) is 0. The van der Waals surface area contributed by atoms with Crippen molar-refractivity contribution in [3.63, 3.8) is 0 Å². The zero-order valence-corrected chi connectivity index (χ0v) is 11.5. The molecule has 19 heavy (non-hydrogen) atoms. The van der Waals surface area contributed by atoms with E-state index >= 15 is 0 Å². The summed E-state index contributed by atoms with van der Waals surface area (Å²) in [5.74, 6) is -0.325. The van der Waals surface area contributed by atoms with Gasteiger partial charge in [0.1, 0.15) is 5.82 Å². The molecule has 0 aromatic heterocycles. The van der Waals surface area contributed by atoms with Gasteiger partial charge < -0.3 is 4.90 Å². The number of rotatable bonds is 2. The molecule has 1 heterocycles. The summed E-state index contributed by atoms with van der Waals surface area (Å²) in [5, 5.41) is 0. The first-order chi connectivity index (χ1) is 9.09. The summed E-state index contributed by atoms with van der Waals surface area (Å²) in [6.45, 7) is 4.15. The molecule has 1 aromatic rings. The van der Waals surface area contributed by atoms with Gasteiger partial charge >= 0.3 is 0 Å². The van der Waals surface area contributed by atoms with E-state index in [1.807, 2.05) is 4.90 Å². The molecule has 1 aliphatic heterocycles. The normalized spacial score (nSPS) is 23.8. The number of hydrogen-bond acceptors (Lipinski definition) is 1. The monoisotopic (exact) mass is 261 g/mol. The zero-order chi connectivity index (χ0) is 13.8. The summed E-state index contributed by atoms with van der Waals surface area (Å²) in [6.07, 6.45) is 6.30. The van der Waals surface area contributed by atoms with Crippen molar-refractivity contribution in [1.82, 2.24) is 4.90 Å². The summed E-state index contributed by atoms with van der Waals surface area (Å²) in [6, 6.07) is 7.00. The Balaban J connectivity index is 2.10. The van der Waals surface area contributed by atoms with E-state index in [1.165, 1.54) is 18.6 Å². The topological polar surface area (TPSA) is 20.3 Å². The van der Waals surface area contributed by atoms with Gasteiger partial charge in [0.25, 0.3) is 0 Å². The van der Waals surface area contributed by atoms with E-state index in [4.69, 9.17) is 0 Å². The van der Waals surface area contributed by atoms with Gasteiger partial charge in [0.05, 0.1) is 0 Å². The fraction of sp³-hybridized carbons (Fsp3) is 0.438. The van der Waals surface area contributed by atoms with Crippen molar-refractivity contribution in [2.24, 2.45) is 0 Å². The molecule has 0 radical (unpaired) electrons. The SMILES string of the molecule is CC1CCCC(C)N1C(=O)/C=C/c1ccccc1F. The third-order valence-corrected chi connectivity index (χ3v) is 3.76. The lowest BCUT2D eigenvalue weighted by molar-refractivity contribution is -0.131. The van der Waals surface area contributed by atoms with Crippen molar-refractivity contribution in [1.29, 1.82) is 0 Å². The van der Waals surface area contributed by atoms with Crippen LogP contribution in [0.2, 0.25) is 0 Å². The second-order valence-electron chi connectivity index (χ2n) is 5.23. The minimum atomic E-state index is -0.300. The van der Waals surface area contributed by atoms with E-state index in [2.05, 4.69) is 13.8 Å². The minimum Gasteiger partial charge on any atom is -0.334 e. The highest BCUT2D eigenvalue weighted by Gasteiger charge is 2.27. The molecule has 3 heteroatoms. The molecule has 0 bridgehead atoms. The number of carbonyl (C=O) groups is 1. The first-order valence-electron chi connectivity index (χ1n) is 6.84. The Morgan fingerprint density at radius 3 is 2.53 bits per heavy atom. The van der Waals surface area contributed by atoms with E-state index in [9.17, 15) is 9.18 Å². The number of likely N-dealkylation sites (tertiary alicyclic amines) is 1. The third kappa shape index (κ3) is 3.22. The average molecular weight is 261 g/mol. The molecule has 2 nitrogen and oxygen atoms in total. The molecule has 1 fully saturated rings. The molecule has 2 unspecified atom stereocenters. The van der Waals surface area contributed by atoms with E-state index in [0.29, 0.717) is 5.56 Å². The van der Waals surface area contributed by atoms with Crippen molar-refractivity contribution in [2.45, 2.75) is 45.2 Å². The molecule has 0 N–H and O–H groups in total. The van der Waals surface area contributed by atoms with Crippen LogP contribution in [0.1, 0.15) is 38.7 Å². The van der Waals surface area contributed by atoms with Gasteiger partial charge in [-0.05, 0) is 45.3 Å². The Bertz CT molecular complexity index is 473. The molecule has 0 saturated carbocycles. The summed E-state index contributed by atoms with van der Waals surface area (Å²) >= 11 is 0. The highest BCUT2D eigenvalue weighted by Crippen LogP contribution is 2.23. The molecule has 1 aromatic carbocycles. The summed E-state index contributed by atoms with van der Waals surface area (Å²) in [4.78, 5) is 14.1. The van der Waals surface area contributed by atoms with Crippen LogP contribution in [0.5, 0.6) is 0 Å². The third-order valence-electron chi connectivity index (χ3n) is 3.76. The van der Waals surface area contributed by atoms with Crippen LogP contribution < -0.4 is 0 Å². The van der Waals surface area contributed by atoms with Crippen LogP contribution in [0.25, 0.3) is 6.08 Å². The lowest BCUT2D eigenvalue weighted by Crippen LogP contribution is -2.46. The minimum absolute atomic E-state index is 0.0250. The Hall–Kier alpha value is -1.64. The van der Waals surface area contributed by atoms with Gasteiger partial charge in [-0.25, -0.2) is 4.39 Å². The molecular formula is C16H20FNO. The second kappa shape index (κ2) is 6.00. The van der Waals surface area contributed by atoms with Crippen LogP contribution in [-0.4, -0.2) is 22.9 Å². The van der Waals surface area contributed by atoms with Gasteiger partial charge in [0.15, 0.2) is 0 Å². The molecule has 2 rings (SSSR count). The van der Waals surface area contributed by atoms with Gasteiger partial charge in [-0.15, -0.1) is 0 Å². The molecular weight excluding hydrogens is 241 g/mol. The smallest absolute Gasteiger partial charge is 0.247 e. The van der Waals surface area contributed by atoms with Crippen molar-refractivity contribution >= 4 is 12.0 Å². The maximum absolute atomic E-state index is 13.5. The number of carbonyl (C=O) groups excluding carboxylic acids is 1. The Kier molecular flexibility index (Phi) is 4.35. The molecule has 0 spiro atoms. The number of hydrogen-bond donors (Lipinski definition) is 0. The molecule has 1 saturated heterocycles. The number of piperidine rings is 1. The number of amides is 1. The number of halogens is 1. The molecule has 1 aliphatic rings. The largest absolute Gasteiger partial charge is 0.334 e. The highest BCUT2D eigenvalue weighted by molar-refractivity contribution is 5.92. The van der Waals surface area contributed by atoms with Gasteiger partial charge in [-0.3, -0.25) is 4.79 Å². The fourth-order valence-corrected chi connectivity index (χ4v) is 2.71. The Labute approximate surface area is 113 Å². The van der Waals surface area contributed by atoms with E-state index < -0.39 is 0 Å². The Morgan fingerprint density at radius 1 is 1.26 bits per heavy atom. The quantitative estimate of drug-likeness (QED) is 0.744. The maximum Gasteiger partial charge on any atom is 0.247 e. The fourth-order valence-electron chi connectivity index (χ4n) is 2.71. The van der Waals surface area contributed by atoms with Gasteiger partial charge in [-0.1, -0.05) is 18.2 Å². The van der Waals surface area contributed by atoms with Crippen LogP contribution in [0.3, 0.4) is 0 Å². The second-order valence-corrected chi connectivity index (χ2v) is 5.23. The van der Waals surface area contributed by atoms with E-state index in [-0.39, 0.29) is 23.8 Å².